The van der Waals surface area contributed by atoms with Crippen molar-refractivity contribution in [1.29, 1.82) is 0 Å². The molecule has 4 aliphatic carbocycles. The second kappa shape index (κ2) is 11.0. The molecule has 0 amide bonds. The minimum Gasteiger partial charge on any atom is -0.495 e. The third kappa shape index (κ3) is 4.64. The molecule has 6 aliphatic rings. The summed E-state index contributed by atoms with van der Waals surface area (Å²) in [6, 6.07) is 7.29. The molecule has 2 aromatic rings. The molecule has 1 aromatic heterocycles. The summed E-state index contributed by atoms with van der Waals surface area (Å²) in [4.78, 5) is 14.0. The molecule has 11 atom stereocenters. The number of benzene rings is 1. The van der Waals surface area contributed by atoms with Crippen LogP contribution in [-0.4, -0.2) is 41.8 Å². The smallest absolute Gasteiger partial charge is 0.248 e. The number of allylic oxidation sites excluding steroid dienone is 2. The van der Waals surface area contributed by atoms with Gasteiger partial charge in [-0.3, -0.25) is 4.79 Å². The van der Waals surface area contributed by atoms with Crippen LogP contribution in [0.5, 0.6) is 5.75 Å². The van der Waals surface area contributed by atoms with E-state index in [1.54, 1.807) is 18.7 Å². The maximum Gasteiger partial charge on any atom is 0.248 e. The van der Waals surface area contributed by atoms with E-state index >= 15 is 0 Å². The fraction of sp³-hybridized carbons (Fsp3) is 0.711. The highest BCUT2D eigenvalue weighted by Gasteiger charge is 2.67. The second-order valence-electron chi connectivity index (χ2n) is 15.9. The third-order valence-corrected chi connectivity index (χ3v) is 13.5. The Morgan fingerprint density at radius 3 is 2.64 bits per heavy atom. The van der Waals surface area contributed by atoms with E-state index in [1.165, 1.54) is 38.5 Å². The molecule has 2 saturated heterocycles. The number of nitrogens with one attached hydrogen (secondary N) is 1. The van der Waals surface area contributed by atoms with E-state index in [-0.39, 0.29) is 17.5 Å². The lowest BCUT2D eigenvalue weighted by Gasteiger charge is -2.57. The number of aromatic nitrogens is 1. The Labute approximate surface area is 262 Å². The van der Waals surface area contributed by atoms with E-state index in [0.717, 1.165) is 54.2 Å². The number of hydrogen-bond acceptors (Lipinski definition) is 5. The number of pyridine rings is 1. The predicted molar refractivity (Wildman–Crippen MR) is 174 cm³/mol. The molecule has 240 valence electrons. The first-order chi connectivity index (χ1) is 21.0. The van der Waals surface area contributed by atoms with Crippen molar-refractivity contribution >= 4 is 10.9 Å². The largest absolute Gasteiger partial charge is 0.495 e. The predicted octanol–water partition coefficient (Wildman–Crippen LogP) is 7.56. The first kappa shape index (κ1) is 30.5. The van der Waals surface area contributed by atoms with Crippen molar-refractivity contribution in [2.24, 2.45) is 46.3 Å². The number of methoxy groups -OCH3 is 1. The van der Waals surface area contributed by atoms with Crippen LogP contribution in [0, 0.1) is 53.3 Å². The number of ether oxygens (including phenoxy) is 3. The summed E-state index contributed by atoms with van der Waals surface area (Å²) in [5, 5.41) is 11.3. The molecule has 1 spiro atoms. The van der Waals surface area contributed by atoms with Gasteiger partial charge in [-0.1, -0.05) is 51.5 Å². The van der Waals surface area contributed by atoms with Gasteiger partial charge in [0.1, 0.15) is 5.75 Å². The van der Waals surface area contributed by atoms with Crippen LogP contribution in [0.25, 0.3) is 10.9 Å². The normalized spacial score (nSPS) is 44.1. The monoisotopic (exact) mass is 603 g/mol. The molecule has 6 heteroatoms. The minimum absolute atomic E-state index is 0.0661. The number of aliphatic hydroxyl groups is 1. The standard InChI is InChI=1S/C27H42O3.C11H11NO2/c1-16-7-12-27(29-15-16)17(2)24-23(30-27)14-22-20-6-5-18-13-19(28)8-10-25(18,3)21(20)9-11-26(22,24)4;1-7-6-10(13)12-11-8(7)4-3-5-9(11)14-2/h9,16-20,22-24,28H,5-8,10-15H2,1-4H3;3-6H,1-2H3,(H,12,13). The zero-order chi connectivity index (χ0) is 31.0. The third-order valence-electron chi connectivity index (χ3n) is 13.5. The zero-order valence-corrected chi connectivity index (χ0v) is 27.7. The van der Waals surface area contributed by atoms with Crippen molar-refractivity contribution in [3.8, 4) is 5.75 Å². The van der Waals surface area contributed by atoms with Gasteiger partial charge in [-0.05, 0) is 110 Å². The summed E-state index contributed by atoms with van der Waals surface area (Å²) in [7, 11) is 1.59. The van der Waals surface area contributed by atoms with Crippen molar-refractivity contribution in [3.63, 3.8) is 0 Å². The van der Waals surface area contributed by atoms with E-state index in [9.17, 15) is 9.90 Å². The maximum atomic E-state index is 11.3. The Kier molecular flexibility index (Phi) is 7.61. The van der Waals surface area contributed by atoms with Crippen molar-refractivity contribution in [3.05, 3.63) is 51.8 Å². The van der Waals surface area contributed by atoms with Crippen LogP contribution in [0.1, 0.15) is 91.0 Å². The van der Waals surface area contributed by atoms with Gasteiger partial charge in [0.25, 0.3) is 0 Å². The lowest BCUT2D eigenvalue weighted by molar-refractivity contribution is -0.272. The Hall–Kier alpha value is -2.15. The van der Waals surface area contributed by atoms with Gasteiger partial charge in [-0.25, -0.2) is 0 Å². The highest BCUT2D eigenvalue weighted by Crippen LogP contribution is 2.69. The summed E-state index contributed by atoms with van der Waals surface area (Å²) < 4.78 is 18.5. The molecule has 2 aliphatic heterocycles. The molecule has 3 saturated carbocycles. The fourth-order valence-electron chi connectivity index (χ4n) is 11.1. The highest BCUT2D eigenvalue weighted by molar-refractivity contribution is 5.86. The van der Waals surface area contributed by atoms with E-state index in [2.05, 4.69) is 38.8 Å². The van der Waals surface area contributed by atoms with Gasteiger partial charge in [0.05, 0.1) is 31.4 Å². The summed E-state index contributed by atoms with van der Waals surface area (Å²) in [5.74, 6) is 4.38. The minimum atomic E-state index is -0.303. The van der Waals surface area contributed by atoms with Gasteiger partial charge < -0.3 is 24.3 Å². The van der Waals surface area contributed by atoms with E-state index in [0.29, 0.717) is 46.4 Å². The molecular weight excluding hydrogens is 550 g/mol. The highest BCUT2D eigenvalue weighted by atomic mass is 16.7. The van der Waals surface area contributed by atoms with Gasteiger partial charge in [0.2, 0.25) is 5.56 Å². The Balaban J connectivity index is 0.000000187. The number of aryl methyl sites for hydroxylation is 1. The van der Waals surface area contributed by atoms with Crippen LogP contribution >= 0.6 is 0 Å². The number of para-hydroxylation sites is 1. The van der Waals surface area contributed by atoms with Crippen LogP contribution in [0.15, 0.2) is 40.7 Å². The molecule has 11 unspecified atom stereocenters. The van der Waals surface area contributed by atoms with Crippen molar-refractivity contribution in [2.75, 3.05) is 13.7 Å². The molecule has 6 nitrogen and oxygen atoms in total. The van der Waals surface area contributed by atoms with Crippen LogP contribution in [0.4, 0.5) is 0 Å². The van der Waals surface area contributed by atoms with Crippen LogP contribution in [-0.2, 0) is 9.47 Å². The first-order valence-electron chi connectivity index (χ1n) is 17.4. The van der Waals surface area contributed by atoms with Gasteiger partial charge >= 0.3 is 0 Å². The summed E-state index contributed by atoms with van der Waals surface area (Å²) in [6.45, 7) is 12.6. The quantitative estimate of drug-likeness (QED) is 0.329. The molecule has 3 heterocycles. The molecule has 0 bridgehead atoms. The number of fused-ring (bicyclic) bond motifs is 8. The molecule has 2 N–H and O–H groups in total. The van der Waals surface area contributed by atoms with Gasteiger partial charge in [0, 0.05) is 23.8 Å². The van der Waals surface area contributed by atoms with Gasteiger partial charge in [-0.2, -0.15) is 0 Å². The first-order valence-corrected chi connectivity index (χ1v) is 17.4. The van der Waals surface area contributed by atoms with Crippen LogP contribution in [0.2, 0.25) is 0 Å². The fourth-order valence-corrected chi connectivity index (χ4v) is 11.1. The van der Waals surface area contributed by atoms with Crippen LogP contribution < -0.4 is 10.3 Å². The molecule has 8 rings (SSSR count). The Morgan fingerprint density at radius 2 is 1.89 bits per heavy atom. The lowest BCUT2D eigenvalue weighted by atomic mass is 9.48. The van der Waals surface area contributed by atoms with E-state index in [1.807, 2.05) is 25.1 Å². The topological polar surface area (TPSA) is 80.8 Å². The maximum absolute atomic E-state index is 11.3. The number of H-pyrrole nitrogens is 1. The molecular formula is C38H53NO5. The summed E-state index contributed by atoms with van der Waals surface area (Å²) in [6.07, 6.45) is 13.6. The molecule has 5 fully saturated rings. The van der Waals surface area contributed by atoms with E-state index < -0.39 is 0 Å². The molecule has 44 heavy (non-hydrogen) atoms. The van der Waals surface area contributed by atoms with E-state index in [4.69, 9.17) is 14.2 Å². The summed E-state index contributed by atoms with van der Waals surface area (Å²) >= 11 is 0. The average molecular weight is 604 g/mol. The van der Waals surface area contributed by atoms with Gasteiger partial charge in [0.15, 0.2) is 5.79 Å². The lowest BCUT2D eigenvalue weighted by Crippen LogP contribution is -2.50. The number of aromatic amines is 1. The molecule has 0 radical (unpaired) electrons. The Bertz CT molecular complexity index is 1490. The van der Waals surface area contributed by atoms with Gasteiger partial charge in [-0.15, -0.1) is 0 Å². The molecule has 1 aromatic carbocycles. The Morgan fingerprint density at radius 1 is 1.07 bits per heavy atom. The number of rotatable bonds is 1. The number of hydrogen-bond donors (Lipinski definition) is 2. The van der Waals surface area contributed by atoms with Crippen molar-refractivity contribution in [1.82, 2.24) is 4.98 Å². The zero-order valence-electron chi connectivity index (χ0n) is 27.7. The van der Waals surface area contributed by atoms with Crippen molar-refractivity contribution in [2.45, 2.75) is 110 Å². The number of aliphatic hydroxyl groups excluding tert-OH is 1. The second-order valence-corrected chi connectivity index (χ2v) is 15.9. The van der Waals surface area contributed by atoms with Crippen molar-refractivity contribution < 1.29 is 19.3 Å². The van der Waals surface area contributed by atoms with Crippen LogP contribution in [0.3, 0.4) is 0 Å². The average Bonchev–Trinajstić information content (AvgIpc) is 3.44. The SMILES string of the molecule is CC1CCC2(OC1)OC1CC3C4CCC5CC(O)CCC5(C)C4=CCC3(C)C1C2C.COc1cccc2c(C)cc(=O)[nH]c12. The summed E-state index contributed by atoms with van der Waals surface area (Å²) in [5.41, 5.74) is 4.09.